The van der Waals surface area contributed by atoms with Crippen molar-refractivity contribution in [1.82, 2.24) is 9.97 Å². The van der Waals surface area contributed by atoms with Crippen molar-refractivity contribution < 1.29 is 37.3 Å². The van der Waals surface area contributed by atoms with Crippen LogP contribution in [0, 0.1) is 0 Å². The van der Waals surface area contributed by atoms with Gasteiger partial charge in [0, 0.05) is 22.4 Å². The van der Waals surface area contributed by atoms with Crippen molar-refractivity contribution in [1.29, 1.82) is 0 Å². The molecule has 0 fully saturated rings. The molecule has 0 radical (unpaired) electrons. The lowest BCUT2D eigenvalue weighted by Crippen LogP contribution is -2.06. The Morgan fingerprint density at radius 1 is 0.868 bits per heavy atom. The van der Waals surface area contributed by atoms with Gasteiger partial charge in [-0.05, 0) is 36.8 Å². The maximum Gasteiger partial charge on any atom is 0.417 e. The van der Waals surface area contributed by atoms with Crippen molar-refractivity contribution in [3.63, 3.8) is 0 Å². The van der Waals surface area contributed by atoms with Crippen LogP contribution in [-0.2, 0) is 17.5 Å². The molecule has 3 aromatic carbocycles. The summed E-state index contributed by atoms with van der Waals surface area (Å²) in [4.78, 5) is 27.8. The smallest absolute Gasteiger partial charge is 0.417 e. The number of benzene rings is 3. The lowest BCUT2D eigenvalue weighted by atomic mass is 10.1. The minimum Gasteiger partial charge on any atom is -0.489 e. The average Bonchev–Trinajstić information content (AvgIpc) is 3.52. The van der Waals surface area contributed by atoms with Gasteiger partial charge >= 0.3 is 18.1 Å². The summed E-state index contributed by atoms with van der Waals surface area (Å²) < 4.78 is 50.7. The minimum absolute atomic E-state index is 0.0347. The number of hydrogen-bond acceptors (Lipinski definition) is 4. The zero-order chi connectivity index (χ0) is 27.3. The van der Waals surface area contributed by atoms with Crippen molar-refractivity contribution in [3.8, 4) is 5.75 Å². The summed E-state index contributed by atoms with van der Waals surface area (Å²) in [5.41, 5.74) is 1.18. The molecule has 5 rings (SSSR count). The second kappa shape index (κ2) is 11.1. The fraction of sp³-hybridized carbons (Fsp3) is 0.143. The Kier molecular flexibility index (Phi) is 7.71. The van der Waals surface area contributed by atoms with Gasteiger partial charge in [0.25, 0.3) is 0 Å². The predicted molar refractivity (Wildman–Crippen MR) is 135 cm³/mol. The van der Waals surface area contributed by atoms with Crippen LogP contribution in [-0.4, -0.2) is 33.6 Å². The molecule has 2 aromatic heterocycles. The molecule has 38 heavy (non-hydrogen) atoms. The summed E-state index contributed by atoms with van der Waals surface area (Å²) in [7, 11) is 0. The number of alkyl halides is 3. The first-order valence-corrected chi connectivity index (χ1v) is 11.5. The van der Waals surface area contributed by atoms with Gasteiger partial charge in [-0.2, -0.15) is 13.2 Å². The standard InChI is InChI=1S/C19H16F3NO3.C9H7NO2/c1-2-25-18(24)17-10-14-15(19(20,21)22)8-13(9-16(14)23-17)26-11-12-6-4-3-5-7-12;11-9(12)8-5-6-3-1-2-4-7(6)10-8/h3-10,23H,2,11H2,1H3;1-5,10H,(H,11,12). The second-order valence-corrected chi connectivity index (χ2v) is 8.18. The van der Waals surface area contributed by atoms with E-state index in [9.17, 15) is 22.8 Å². The number of aromatic nitrogens is 2. The SMILES string of the molecule is CCOC(=O)c1cc2c(C(F)(F)F)cc(OCc3ccccc3)cc2[nH]1.O=C(O)c1cc2ccccc2[nH]1. The number of para-hydroxylation sites is 1. The predicted octanol–water partition coefficient (Wildman–Crippen LogP) is 6.81. The monoisotopic (exact) mass is 524 g/mol. The minimum atomic E-state index is -4.58. The van der Waals surface area contributed by atoms with Gasteiger partial charge in [0.15, 0.2) is 0 Å². The summed E-state index contributed by atoms with van der Waals surface area (Å²) in [5, 5.41) is 9.48. The quantitative estimate of drug-likeness (QED) is 0.212. The van der Waals surface area contributed by atoms with Crippen LogP contribution in [0.3, 0.4) is 0 Å². The maximum atomic E-state index is 13.4. The fourth-order valence-electron chi connectivity index (χ4n) is 3.78. The third-order valence-corrected chi connectivity index (χ3v) is 5.52. The number of halogens is 3. The number of carboxylic acid groups (broad SMARTS) is 1. The molecular formula is C28H23F3N2O5. The fourth-order valence-corrected chi connectivity index (χ4v) is 3.78. The van der Waals surface area contributed by atoms with Gasteiger partial charge in [0.2, 0.25) is 0 Å². The van der Waals surface area contributed by atoms with E-state index in [0.717, 1.165) is 28.6 Å². The van der Waals surface area contributed by atoms with Crippen molar-refractivity contribution in [3.05, 3.63) is 101 Å². The lowest BCUT2D eigenvalue weighted by Gasteiger charge is -2.12. The molecule has 10 heteroatoms. The van der Waals surface area contributed by atoms with Gasteiger partial charge in [0.1, 0.15) is 23.7 Å². The highest BCUT2D eigenvalue weighted by molar-refractivity contribution is 5.96. The number of ether oxygens (including phenoxy) is 2. The first-order valence-electron chi connectivity index (χ1n) is 11.5. The van der Waals surface area contributed by atoms with Crippen LogP contribution in [0.2, 0.25) is 0 Å². The number of esters is 1. The maximum absolute atomic E-state index is 13.4. The van der Waals surface area contributed by atoms with Crippen LogP contribution >= 0.6 is 0 Å². The third kappa shape index (κ3) is 6.15. The van der Waals surface area contributed by atoms with Crippen molar-refractivity contribution >= 4 is 33.7 Å². The Hall–Kier alpha value is -4.73. The van der Waals surface area contributed by atoms with E-state index in [1.165, 1.54) is 6.07 Å². The van der Waals surface area contributed by atoms with Crippen LogP contribution < -0.4 is 4.74 Å². The first-order chi connectivity index (χ1) is 18.2. The average molecular weight is 524 g/mol. The molecule has 0 aliphatic rings. The molecule has 0 spiro atoms. The number of H-pyrrole nitrogens is 2. The van der Waals surface area contributed by atoms with Gasteiger partial charge in [-0.1, -0.05) is 48.5 Å². The number of aromatic carboxylic acids is 1. The highest BCUT2D eigenvalue weighted by Crippen LogP contribution is 2.38. The Bertz CT molecular complexity index is 1540. The molecule has 2 heterocycles. The molecule has 0 saturated carbocycles. The molecule has 0 bridgehead atoms. The molecule has 5 aromatic rings. The second-order valence-electron chi connectivity index (χ2n) is 8.18. The Morgan fingerprint density at radius 2 is 1.55 bits per heavy atom. The van der Waals surface area contributed by atoms with Gasteiger partial charge in [-0.3, -0.25) is 0 Å². The van der Waals surface area contributed by atoms with E-state index in [1.54, 1.807) is 13.0 Å². The molecular weight excluding hydrogens is 501 g/mol. The molecule has 196 valence electrons. The van der Waals surface area contributed by atoms with Gasteiger partial charge in [0.05, 0.1) is 17.7 Å². The molecule has 0 unspecified atom stereocenters. The zero-order valence-electron chi connectivity index (χ0n) is 20.1. The largest absolute Gasteiger partial charge is 0.489 e. The summed E-state index contributed by atoms with van der Waals surface area (Å²) in [5.74, 6) is -1.57. The molecule has 3 N–H and O–H groups in total. The highest BCUT2D eigenvalue weighted by atomic mass is 19.4. The zero-order valence-corrected chi connectivity index (χ0v) is 20.1. The van der Waals surface area contributed by atoms with Crippen LogP contribution in [0.5, 0.6) is 5.75 Å². The highest BCUT2D eigenvalue weighted by Gasteiger charge is 2.34. The van der Waals surface area contributed by atoms with E-state index in [-0.39, 0.29) is 41.3 Å². The van der Waals surface area contributed by atoms with E-state index >= 15 is 0 Å². The summed E-state index contributed by atoms with van der Waals surface area (Å²) in [6.07, 6.45) is -4.58. The van der Waals surface area contributed by atoms with E-state index in [2.05, 4.69) is 9.97 Å². The van der Waals surface area contributed by atoms with Crippen molar-refractivity contribution in [2.24, 2.45) is 0 Å². The van der Waals surface area contributed by atoms with Crippen LogP contribution in [0.25, 0.3) is 21.8 Å². The van der Waals surface area contributed by atoms with Crippen LogP contribution in [0.4, 0.5) is 13.2 Å². The van der Waals surface area contributed by atoms with E-state index < -0.39 is 23.7 Å². The van der Waals surface area contributed by atoms with Gasteiger partial charge in [-0.25, -0.2) is 9.59 Å². The number of carboxylic acids is 1. The lowest BCUT2D eigenvalue weighted by molar-refractivity contribution is -0.136. The summed E-state index contributed by atoms with van der Waals surface area (Å²) in [6, 6.07) is 21.7. The Morgan fingerprint density at radius 3 is 2.21 bits per heavy atom. The van der Waals surface area contributed by atoms with Crippen molar-refractivity contribution in [2.75, 3.05) is 6.61 Å². The van der Waals surface area contributed by atoms with Gasteiger partial charge < -0.3 is 24.5 Å². The Balaban J connectivity index is 0.000000232. The number of rotatable bonds is 6. The van der Waals surface area contributed by atoms with Crippen LogP contribution in [0.1, 0.15) is 39.0 Å². The first kappa shape index (κ1) is 26.3. The molecule has 7 nitrogen and oxygen atoms in total. The Labute approximate surface area is 214 Å². The molecule has 0 amide bonds. The molecule has 0 atom stereocenters. The number of carbonyl (C=O) groups is 2. The summed E-state index contributed by atoms with van der Waals surface area (Å²) >= 11 is 0. The topological polar surface area (TPSA) is 104 Å². The normalized spacial score (nSPS) is 11.2. The van der Waals surface area contributed by atoms with Gasteiger partial charge in [-0.15, -0.1) is 0 Å². The number of hydrogen-bond donors (Lipinski definition) is 3. The summed E-state index contributed by atoms with van der Waals surface area (Å²) in [6.45, 7) is 1.89. The number of carbonyl (C=O) groups excluding carboxylic acids is 1. The number of fused-ring (bicyclic) bond motifs is 2. The number of nitrogens with one attached hydrogen (secondary N) is 2. The van der Waals surface area contributed by atoms with E-state index in [4.69, 9.17) is 14.6 Å². The molecule has 0 aliphatic heterocycles. The third-order valence-electron chi connectivity index (χ3n) is 5.52. The molecule has 0 saturated heterocycles. The van der Waals surface area contributed by atoms with Crippen molar-refractivity contribution in [2.45, 2.75) is 19.7 Å². The molecule has 0 aliphatic carbocycles. The number of aromatic amines is 2. The van der Waals surface area contributed by atoms with E-state index in [0.29, 0.717) is 0 Å². The van der Waals surface area contributed by atoms with Crippen LogP contribution in [0.15, 0.2) is 78.9 Å². The van der Waals surface area contributed by atoms with E-state index in [1.807, 2.05) is 54.6 Å².